The topological polar surface area (TPSA) is 91.9 Å². The van der Waals surface area contributed by atoms with Gasteiger partial charge in [-0.25, -0.2) is 14.1 Å². The molecule has 150 valence electrons. The first-order chi connectivity index (χ1) is 13.6. The molecule has 1 fully saturated rings. The van der Waals surface area contributed by atoms with E-state index in [1.54, 1.807) is 10.9 Å². The van der Waals surface area contributed by atoms with E-state index in [-0.39, 0.29) is 20.6 Å². The van der Waals surface area contributed by atoms with Gasteiger partial charge in [-0.05, 0) is 26.7 Å². The highest BCUT2D eigenvalue weighted by Gasteiger charge is 2.26. The van der Waals surface area contributed by atoms with Crippen molar-refractivity contribution >= 4 is 22.7 Å². The highest BCUT2D eigenvalue weighted by atomic mass is 19.1. The van der Waals surface area contributed by atoms with Gasteiger partial charge in [0.25, 0.3) is 5.88 Å². The highest BCUT2D eigenvalue weighted by Crippen LogP contribution is 2.34. The zero-order chi connectivity index (χ0) is 19.3. The van der Waals surface area contributed by atoms with Gasteiger partial charge < -0.3 is 14.8 Å². The summed E-state index contributed by atoms with van der Waals surface area (Å²) in [5.41, 5.74) is 2.96. The average molecular weight is 389 g/mol. The molecule has 1 N–H and O–H groups in total. The van der Waals surface area contributed by atoms with Crippen LogP contribution in [0, 0.1) is 13.8 Å². The van der Waals surface area contributed by atoms with Crippen LogP contribution in [0.4, 0.5) is 16.0 Å². The van der Waals surface area contributed by atoms with E-state index in [1.165, 1.54) is 0 Å². The number of nitrogens with zero attached hydrogens (tertiary/aromatic N) is 6. The first kappa shape index (κ1) is 17.4. The lowest BCUT2D eigenvalue weighted by Crippen LogP contribution is -2.22. The third kappa shape index (κ3) is 2.88. The van der Waals surface area contributed by atoms with Gasteiger partial charge in [0.05, 0.1) is 29.4 Å². The van der Waals surface area contributed by atoms with Gasteiger partial charge in [0.1, 0.15) is 12.3 Å². The number of hydrogen-bond acceptors (Lipinski definition) is 7. The average Bonchev–Trinajstić information content (AvgIpc) is 3.17. The normalized spacial score (nSPS) is 20.5. The van der Waals surface area contributed by atoms with E-state index >= 15 is 0 Å². The van der Waals surface area contributed by atoms with E-state index in [0.29, 0.717) is 36.4 Å². The smallest absolute Gasteiger partial charge is 0.257 e. The van der Waals surface area contributed by atoms with Crippen molar-refractivity contribution in [1.82, 2.24) is 29.5 Å². The Kier molecular flexibility index (Phi) is 4.15. The molecule has 1 atom stereocenters. The van der Waals surface area contributed by atoms with Gasteiger partial charge in [-0.3, -0.25) is 4.68 Å². The second-order valence-corrected chi connectivity index (χ2v) is 7.29. The molecule has 28 heavy (non-hydrogen) atoms. The lowest BCUT2D eigenvalue weighted by atomic mass is 10.1. The number of anilines is 2. The minimum atomic E-state index is -1.24. The van der Waals surface area contributed by atoms with Crippen LogP contribution in [0.15, 0.2) is 6.20 Å². The third-order valence-corrected chi connectivity index (χ3v) is 5.34. The van der Waals surface area contributed by atoms with Crippen molar-refractivity contribution < 1.29 is 15.3 Å². The summed E-state index contributed by atoms with van der Waals surface area (Å²) in [4.78, 5) is 8.98. The molecule has 3 aromatic rings. The molecule has 0 saturated carbocycles. The van der Waals surface area contributed by atoms with Gasteiger partial charge in [-0.1, -0.05) is 0 Å². The quantitative estimate of drug-likeness (QED) is 0.684. The van der Waals surface area contributed by atoms with Gasteiger partial charge in [-0.2, -0.15) is 10.1 Å². The molecular formula is C18H24FN7O2. The number of ether oxygens (including phenoxy) is 2. The maximum Gasteiger partial charge on any atom is 0.257 e. The van der Waals surface area contributed by atoms with Gasteiger partial charge in [-0.15, -0.1) is 5.10 Å². The number of rotatable bonds is 1. The van der Waals surface area contributed by atoms with E-state index in [1.807, 2.05) is 18.5 Å². The molecule has 0 unspecified atom stereocenters. The fourth-order valence-corrected chi connectivity index (χ4v) is 3.84. The molecule has 0 radical (unpaired) electrons. The largest absolute Gasteiger partial charge is 0.472 e. The highest BCUT2D eigenvalue weighted by molar-refractivity contribution is 5.79. The summed E-state index contributed by atoms with van der Waals surface area (Å²) in [6.45, 7) is 5.21. The van der Waals surface area contributed by atoms with Crippen LogP contribution in [0.2, 0.25) is 0 Å². The number of nitrogens with one attached hydrogen (secondary N) is 1. The van der Waals surface area contributed by atoms with Gasteiger partial charge in [0.2, 0.25) is 5.95 Å². The molecule has 3 aromatic heterocycles. The SMILES string of the molecule is Cc1nn2c3nc(ncc13)Nc1c(nn(C3CCOCC3)c1C)OC[C@@H](F)C2.[HH]. The van der Waals surface area contributed by atoms with Crippen LogP contribution in [0.1, 0.15) is 31.7 Å². The minimum Gasteiger partial charge on any atom is -0.472 e. The molecule has 0 amide bonds. The molecule has 2 aliphatic heterocycles. The predicted molar refractivity (Wildman–Crippen MR) is 102 cm³/mol. The van der Waals surface area contributed by atoms with Crippen LogP contribution < -0.4 is 10.1 Å². The van der Waals surface area contributed by atoms with E-state index in [4.69, 9.17) is 9.47 Å². The van der Waals surface area contributed by atoms with Crippen LogP contribution in [-0.2, 0) is 11.3 Å². The summed E-state index contributed by atoms with van der Waals surface area (Å²) < 4.78 is 29.4. The first-order valence-corrected chi connectivity index (χ1v) is 9.51. The van der Waals surface area contributed by atoms with Crippen LogP contribution in [0.25, 0.3) is 11.0 Å². The van der Waals surface area contributed by atoms with Crippen LogP contribution >= 0.6 is 0 Å². The summed E-state index contributed by atoms with van der Waals surface area (Å²) in [5, 5.41) is 13.1. The lowest BCUT2D eigenvalue weighted by Gasteiger charge is -2.23. The molecule has 5 heterocycles. The molecule has 0 aromatic carbocycles. The number of alkyl halides is 1. The fraction of sp³-hybridized carbons (Fsp3) is 0.556. The Balaban J connectivity index is 0.00000205. The summed E-state index contributed by atoms with van der Waals surface area (Å²) in [6, 6.07) is 0.230. The molecular weight excluding hydrogens is 365 g/mol. The van der Waals surface area contributed by atoms with Gasteiger partial charge in [0.15, 0.2) is 11.8 Å². The zero-order valence-corrected chi connectivity index (χ0v) is 15.9. The number of aromatic nitrogens is 6. The Hall–Kier alpha value is -2.75. The van der Waals surface area contributed by atoms with Crippen LogP contribution in [-0.4, -0.2) is 55.5 Å². The van der Waals surface area contributed by atoms with E-state index in [2.05, 4.69) is 25.5 Å². The maximum absolute atomic E-state index is 14.6. The molecule has 1 saturated heterocycles. The first-order valence-electron chi connectivity index (χ1n) is 9.51. The van der Waals surface area contributed by atoms with Crippen molar-refractivity contribution in [1.29, 1.82) is 0 Å². The van der Waals surface area contributed by atoms with Crippen molar-refractivity contribution in [2.75, 3.05) is 25.1 Å². The molecule has 0 spiro atoms. The van der Waals surface area contributed by atoms with Gasteiger partial charge in [0, 0.05) is 20.8 Å². The fourth-order valence-electron chi connectivity index (χ4n) is 3.84. The Morgan fingerprint density at radius 3 is 2.89 bits per heavy atom. The van der Waals surface area contributed by atoms with Crippen molar-refractivity contribution in [2.24, 2.45) is 0 Å². The van der Waals surface area contributed by atoms with Crippen molar-refractivity contribution in [3.05, 3.63) is 17.6 Å². The summed E-state index contributed by atoms with van der Waals surface area (Å²) >= 11 is 0. The Morgan fingerprint density at radius 1 is 1.25 bits per heavy atom. The van der Waals surface area contributed by atoms with Crippen molar-refractivity contribution in [3.63, 3.8) is 0 Å². The maximum atomic E-state index is 14.6. The molecule has 10 heteroatoms. The minimum absolute atomic E-state index is 0. The molecule has 9 nitrogen and oxygen atoms in total. The van der Waals surface area contributed by atoms with Crippen molar-refractivity contribution in [2.45, 2.75) is 45.4 Å². The Morgan fingerprint density at radius 2 is 2.07 bits per heavy atom. The van der Waals surface area contributed by atoms with Crippen LogP contribution in [0.5, 0.6) is 5.88 Å². The Labute approximate surface area is 162 Å². The molecule has 2 bridgehead atoms. The van der Waals surface area contributed by atoms with Gasteiger partial charge >= 0.3 is 0 Å². The van der Waals surface area contributed by atoms with E-state index in [9.17, 15) is 4.39 Å². The number of halogens is 1. The van der Waals surface area contributed by atoms with E-state index < -0.39 is 6.17 Å². The van der Waals surface area contributed by atoms with E-state index in [0.717, 1.165) is 29.6 Å². The zero-order valence-electron chi connectivity index (χ0n) is 15.9. The summed E-state index contributed by atoms with van der Waals surface area (Å²) in [5.74, 6) is 0.775. The number of hydrogen-bond donors (Lipinski definition) is 1. The second-order valence-electron chi connectivity index (χ2n) is 7.29. The lowest BCUT2D eigenvalue weighted by molar-refractivity contribution is 0.0650. The number of fused-ring (bicyclic) bond motifs is 2. The summed E-state index contributed by atoms with van der Waals surface area (Å²) in [6.07, 6.45) is 2.25. The molecule has 5 rings (SSSR count). The molecule has 0 aliphatic carbocycles. The standard InChI is InChI=1S/C18H22FN7O2.H2/c1-10-14-7-20-18-21-15-11(2)26(13-3-5-27-6-4-13)24-17(15)28-9-12(19)8-25(23-10)16(14)22-18;/h7,12-13H,3-6,8-9H2,1-2H3,(H,20,21,22);1H/t12-;/m0./s1. The third-order valence-electron chi connectivity index (χ3n) is 5.34. The summed E-state index contributed by atoms with van der Waals surface area (Å²) in [7, 11) is 0. The molecule has 2 aliphatic rings. The monoisotopic (exact) mass is 389 g/mol. The predicted octanol–water partition coefficient (Wildman–Crippen LogP) is 2.71. The Bertz CT molecular complexity index is 1030. The van der Waals surface area contributed by atoms with Crippen molar-refractivity contribution in [3.8, 4) is 5.88 Å². The van der Waals surface area contributed by atoms with Crippen LogP contribution in [0.3, 0.4) is 0 Å². The second kappa shape index (κ2) is 6.69. The number of aryl methyl sites for hydroxylation is 1.